The molecule has 0 spiro atoms. The molecular formula is C16H13ClN2O. The Balaban J connectivity index is 2.19. The highest BCUT2D eigenvalue weighted by Crippen LogP contribution is 2.36. The van der Waals surface area contributed by atoms with E-state index in [4.69, 9.17) is 22.1 Å². The van der Waals surface area contributed by atoms with Crippen LogP contribution in [-0.2, 0) is 0 Å². The van der Waals surface area contributed by atoms with Crippen LogP contribution in [0.4, 0.5) is 5.69 Å². The van der Waals surface area contributed by atoms with Crippen LogP contribution in [0, 0.1) is 6.92 Å². The molecule has 2 aromatic carbocycles. The minimum atomic E-state index is 0.574. The van der Waals surface area contributed by atoms with E-state index in [-0.39, 0.29) is 0 Å². The molecule has 20 heavy (non-hydrogen) atoms. The number of nitrogens with two attached hydrogens (primary N) is 1. The maximum Gasteiger partial charge on any atom is 0.153 e. The predicted molar refractivity (Wildman–Crippen MR) is 82.4 cm³/mol. The molecule has 0 aliphatic carbocycles. The van der Waals surface area contributed by atoms with Crippen LogP contribution in [0.3, 0.4) is 0 Å². The number of ether oxygens (including phenoxy) is 1. The minimum Gasteiger partial charge on any atom is -0.455 e. The molecule has 0 saturated carbocycles. The molecule has 0 atom stereocenters. The van der Waals surface area contributed by atoms with Crippen LogP contribution in [0.15, 0.2) is 48.5 Å². The first kappa shape index (κ1) is 12.8. The fourth-order valence-electron chi connectivity index (χ4n) is 2.14. The molecule has 0 fully saturated rings. The zero-order valence-corrected chi connectivity index (χ0v) is 11.7. The van der Waals surface area contributed by atoms with E-state index in [2.05, 4.69) is 4.98 Å². The third-order valence-electron chi connectivity index (χ3n) is 3.00. The highest BCUT2D eigenvalue weighted by atomic mass is 35.5. The van der Waals surface area contributed by atoms with Crippen molar-refractivity contribution in [2.45, 2.75) is 6.92 Å². The number of nitrogens with zero attached hydrogens (tertiary/aromatic N) is 1. The van der Waals surface area contributed by atoms with E-state index < -0.39 is 0 Å². The number of hydrogen-bond donors (Lipinski definition) is 1. The lowest BCUT2D eigenvalue weighted by Crippen LogP contribution is -1.95. The number of para-hydroxylation sites is 1. The molecule has 3 aromatic rings. The Morgan fingerprint density at radius 1 is 1.10 bits per heavy atom. The summed E-state index contributed by atoms with van der Waals surface area (Å²) in [4.78, 5) is 4.50. The van der Waals surface area contributed by atoms with Gasteiger partial charge in [0.15, 0.2) is 5.75 Å². The van der Waals surface area contributed by atoms with Gasteiger partial charge in [0.25, 0.3) is 0 Å². The molecule has 0 aliphatic heterocycles. The smallest absolute Gasteiger partial charge is 0.153 e. The van der Waals surface area contributed by atoms with Gasteiger partial charge in [-0.15, -0.1) is 0 Å². The van der Waals surface area contributed by atoms with Crippen LogP contribution < -0.4 is 10.5 Å². The molecule has 1 heterocycles. The zero-order chi connectivity index (χ0) is 14.1. The fraction of sp³-hybridized carbons (Fsp3) is 0.0625. The summed E-state index contributed by atoms with van der Waals surface area (Å²) >= 11 is 6.21. The number of fused-ring (bicyclic) bond motifs is 1. The van der Waals surface area contributed by atoms with Crippen molar-refractivity contribution in [3.05, 3.63) is 59.2 Å². The van der Waals surface area contributed by atoms with Crippen molar-refractivity contribution >= 4 is 28.2 Å². The van der Waals surface area contributed by atoms with E-state index in [9.17, 15) is 0 Å². The van der Waals surface area contributed by atoms with Gasteiger partial charge < -0.3 is 10.5 Å². The quantitative estimate of drug-likeness (QED) is 0.750. The topological polar surface area (TPSA) is 48.1 Å². The highest BCUT2D eigenvalue weighted by Gasteiger charge is 2.11. The summed E-state index contributed by atoms with van der Waals surface area (Å²) in [5.41, 5.74) is 8.16. The summed E-state index contributed by atoms with van der Waals surface area (Å²) in [5, 5.41) is 1.30. The van der Waals surface area contributed by atoms with Gasteiger partial charge in [-0.05, 0) is 37.3 Å². The molecule has 0 aliphatic rings. The van der Waals surface area contributed by atoms with E-state index in [0.717, 1.165) is 16.8 Å². The molecule has 2 N–H and O–H groups in total. The Morgan fingerprint density at radius 3 is 2.60 bits per heavy atom. The van der Waals surface area contributed by atoms with E-state index in [0.29, 0.717) is 22.0 Å². The van der Waals surface area contributed by atoms with Gasteiger partial charge in [0.1, 0.15) is 11.3 Å². The Morgan fingerprint density at radius 2 is 1.85 bits per heavy atom. The largest absolute Gasteiger partial charge is 0.455 e. The van der Waals surface area contributed by atoms with Crippen LogP contribution in [0.2, 0.25) is 5.02 Å². The summed E-state index contributed by atoms with van der Waals surface area (Å²) in [6, 6.07) is 14.9. The van der Waals surface area contributed by atoms with E-state index >= 15 is 0 Å². The average Bonchev–Trinajstić information content (AvgIpc) is 2.42. The third-order valence-corrected chi connectivity index (χ3v) is 3.32. The van der Waals surface area contributed by atoms with Gasteiger partial charge in [-0.2, -0.15) is 0 Å². The van der Waals surface area contributed by atoms with Crippen molar-refractivity contribution < 1.29 is 4.74 Å². The Hall–Kier alpha value is -2.26. The monoisotopic (exact) mass is 284 g/mol. The molecule has 0 saturated heterocycles. The molecule has 0 radical (unpaired) electrons. The van der Waals surface area contributed by atoms with Crippen molar-refractivity contribution in [1.29, 1.82) is 0 Å². The Kier molecular flexibility index (Phi) is 3.20. The summed E-state index contributed by atoms with van der Waals surface area (Å²) in [6.07, 6.45) is 0. The van der Waals surface area contributed by atoms with Gasteiger partial charge in [0.2, 0.25) is 0 Å². The van der Waals surface area contributed by atoms with Crippen molar-refractivity contribution in [2.24, 2.45) is 0 Å². The molecule has 3 rings (SSSR count). The molecule has 100 valence electrons. The van der Waals surface area contributed by atoms with Gasteiger partial charge in [0.05, 0.1) is 5.02 Å². The summed E-state index contributed by atoms with van der Waals surface area (Å²) in [7, 11) is 0. The number of rotatable bonds is 2. The fourth-order valence-corrected chi connectivity index (χ4v) is 2.40. The van der Waals surface area contributed by atoms with E-state index in [1.807, 2.05) is 43.3 Å². The number of nitrogen functional groups attached to an aromatic ring is 1. The second-order valence-corrected chi connectivity index (χ2v) is 4.94. The van der Waals surface area contributed by atoms with Crippen molar-refractivity contribution in [3.8, 4) is 11.5 Å². The number of benzene rings is 2. The SMILES string of the molecule is Cc1cc(N)c2c(Cl)ccc(Oc3ccccc3)c2n1. The molecule has 0 unspecified atom stereocenters. The van der Waals surface area contributed by atoms with E-state index in [1.54, 1.807) is 12.1 Å². The number of aromatic nitrogens is 1. The van der Waals surface area contributed by atoms with Crippen molar-refractivity contribution in [2.75, 3.05) is 5.73 Å². The van der Waals surface area contributed by atoms with Gasteiger partial charge in [-0.1, -0.05) is 29.8 Å². The molecule has 1 aromatic heterocycles. The number of pyridine rings is 1. The van der Waals surface area contributed by atoms with Crippen LogP contribution in [0.1, 0.15) is 5.69 Å². The summed E-state index contributed by atoms with van der Waals surface area (Å²) < 4.78 is 5.88. The zero-order valence-electron chi connectivity index (χ0n) is 10.9. The molecule has 0 bridgehead atoms. The first-order valence-electron chi connectivity index (χ1n) is 6.23. The van der Waals surface area contributed by atoms with Crippen LogP contribution in [-0.4, -0.2) is 4.98 Å². The average molecular weight is 285 g/mol. The van der Waals surface area contributed by atoms with Crippen molar-refractivity contribution in [3.63, 3.8) is 0 Å². The maximum atomic E-state index is 6.21. The van der Waals surface area contributed by atoms with Gasteiger partial charge in [-0.25, -0.2) is 4.98 Å². The lowest BCUT2D eigenvalue weighted by atomic mass is 10.1. The minimum absolute atomic E-state index is 0.574. The molecular weight excluding hydrogens is 272 g/mol. The van der Waals surface area contributed by atoms with Gasteiger partial charge >= 0.3 is 0 Å². The first-order chi connectivity index (χ1) is 9.65. The second-order valence-electron chi connectivity index (χ2n) is 4.54. The lowest BCUT2D eigenvalue weighted by molar-refractivity contribution is 0.487. The molecule has 4 heteroatoms. The van der Waals surface area contributed by atoms with Crippen LogP contribution in [0.25, 0.3) is 10.9 Å². The van der Waals surface area contributed by atoms with Gasteiger partial charge in [0, 0.05) is 16.8 Å². The van der Waals surface area contributed by atoms with Crippen LogP contribution >= 0.6 is 11.6 Å². The summed E-state index contributed by atoms with van der Waals surface area (Å²) in [6.45, 7) is 1.89. The number of aryl methyl sites for hydroxylation is 1. The number of anilines is 1. The lowest BCUT2D eigenvalue weighted by Gasteiger charge is -2.11. The molecule has 3 nitrogen and oxygen atoms in total. The van der Waals surface area contributed by atoms with Crippen molar-refractivity contribution in [1.82, 2.24) is 4.98 Å². The number of hydrogen-bond acceptors (Lipinski definition) is 3. The first-order valence-corrected chi connectivity index (χ1v) is 6.61. The summed E-state index contributed by atoms with van der Waals surface area (Å²) in [5.74, 6) is 1.39. The standard InChI is InChI=1S/C16H13ClN2O/c1-10-9-13(18)15-12(17)7-8-14(16(15)19-10)20-11-5-3-2-4-6-11/h2-9H,1H3,(H2,18,19). The normalized spacial score (nSPS) is 10.7. The Labute approximate surface area is 122 Å². The Bertz CT molecular complexity index is 772. The number of halogens is 1. The third kappa shape index (κ3) is 2.28. The van der Waals surface area contributed by atoms with Crippen LogP contribution in [0.5, 0.6) is 11.5 Å². The second kappa shape index (κ2) is 5.02. The predicted octanol–water partition coefficient (Wildman–Crippen LogP) is 4.57. The highest BCUT2D eigenvalue weighted by molar-refractivity contribution is 6.36. The van der Waals surface area contributed by atoms with E-state index in [1.165, 1.54) is 0 Å². The molecule has 0 amide bonds. The maximum absolute atomic E-state index is 6.21. The van der Waals surface area contributed by atoms with Gasteiger partial charge in [-0.3, -0.25) is 0 Å².